The van der Waals surface area contributed by atoms with Crippen LogP contribution in [0.2, 0.25) is 0 Å². The lowest BCUT2D eigenvalue weighted by Gasteiger charge is -2.08. The second-order valence-corrected chi connectivity index (χ2v) is 7.29. The molecule has 2 heterocycles. The second kappa shape index (κ2) is 8.34. The van der Waals surface area contributed by atoms with Gasteiger partial charge >= 0.3 is 6.18 Å². The molecular weight excluding hydrogens is 431 g/mol. The van der Waals surface area contributed by atoms with Crippen LogP contribution in [0.15, 0.2) is 47.8 Å². The summed E-state index contributed by atoms with van der Waals surface area (Å²) in [5, 5.41) is 14.6. The van der Waals surface area contributed by atoms with Gasteiger partial charge in [-0.1, -0.05) is 12.1 Å². The minimum atomic E-state index is -4.44. The number of halogens is 3. The third-order valence-corrected chi connectivity index (χ3v) is 5.33. The summed E-state index contributed by atoms with van der Waals surface area (Å²) in [6, 6.07) is 10.3. The summed E-state index contributed by atoms with van der Waals surface area (Å²) in [7, 11) is 3.13. The molecule has 0 bridgehead atoms. The zero-order chi connectivity index (χ0) is 22.0. The maximum atomic E-state index is 12.9. The highest BCUT2D eigenvalue weighted by Crippen LogP contribution is 2.34. The van der Waals surface area contributed by atoms with Gasteiger partial charge in [-0.2, -0.15) is 18.0 Å². The van der Waals surface area contributed by atoms with Crippen molar-refractivity contribution < 1.29 is 22.6 Å². The number of hydrogen-bond donors (Lipinski definition) is 0. The fourth-order valence-corrected chi connectivity index (χ4v) is 3.69. The minimum Gasteiger partial charge on any atom is -0.493 e. The first kappa shape index (κ1) is 20.8. The Morgan fingerprint density at radius 2 is 1.81 bits per heavy atom. The summed E-state index contributed by atoms with van der Waals surface area (Å²) < 4.78 is 49.3. The maximum absolute atomic E-state index is 12.9. The van der Waals surface area contributed by atoms with E-state index >= 15 is 0 Å². The standard InChI is InChI=1S/C20H16F3N5O2S/c1-29-16-7-6-13(9-17(16)30-2)19-24-15(11-31-19)10-28-26-18(25-27-28)12-4-3-5-14(8-12)20(21,22)23/h3-9,11H,10H2,1-2H3. The number of alkyl halides is 3. The highest BCUT2D eigenvalue weighted by atomic mass is 32.1. The van der Waals surface area contributed by atoms with Crippen LogP contribution in [-0.2, 0) is 12.7 Å². The maximum Gasteiger partial charge on any atom is 0.416 e. The van der Waals surface area contributed by atoms with Crippen LogP contribution in [0.25, 0.3) is 22.0 Å². The Morgan fingerprint density at radius 1 is 1.00 bits per heavy atom. The van der Waals surface area contributed by atoms with E-state index in [1.54, 1.807) is 20.3 Å². The first-order valence-electron chi connectivity index (χ1n) is 8.99. The van der Waals surface area contributed by atoms with Gasteiger partial charge in [0.05, 0.1) is 25.5 Å². The van der Waals surface area contributed by atoms with Crippen LogP contribution in [0.1, 0.15) is 11.3 Å². The second-order valence-electron chi connectivity index (χ2n) is 6.44. The fraction of sp³-hybridized carbons (Fsp3) is 0.200. The van der Waals surface area contributed by atoms with Gasteiger partial charge in [-0.05, 0) is 35.5 Å². The average Bonchev–Trinajstić information content (AvgIpc) is 3.43. The fourth-order valence-electron chi connectivity index (χ4n) is 2.89. The molecule has 0 N–H and O–H groups in total. The zero-order valence-electron chi connectivity index (χ0n) is 16.4. The normalized spacial score (nSPS) is 11.5. The van der Waals surface area contributed by atoms with Crippen molar-refractivity contribution in [1.29, 1.82) is 0 Å². The third-order valence-electron chi connectivity index (χ3n) is 4.39. The molecule has 0 aliphatic rings. The lowest BCUT2D eigenvalue weighted by molar-refractivity contribution is -0.137. The molecule has 0 aliphatic carbocycles. The molecular formula is C20H16F3N5O2S. The minimum absolute atomic E-state index is 0.112. The van der Waals surface area contributed by atoms with Crippen LogP contribution in [0.3, 0.4) is 0 Å². The van der Waals surface area contributed by atoms with Crippen LogP contribution in [0.4, 0.5) is 13.2 Å². The van der Waals surface area contributed by atoms with E-state index in [1.165, 1.54) is 28.3 Å². The molecule has 31 heavy (non-hydrogen) atoms. The van der Waals surface area contributed by atoms with E-state index in [4.69, 9.17) is 9.47 Å². The largest absolute Gasteiger partial charge is 0.493 e. The molecule has 2 aromatic carbocycles. The van der Waals surface area contributed by atoms with E-state index in [1.807, 2.05) is 17.5 Å². The van der Waals surface area contributed by atoms with Crippen LogP contribution < -0.4 is 9.47 Å². The average molecular weight is 447 g/mol. The molecule has 0 radical (unpaired) electrons. The van der Waals surface area contributed by atoms with Crippen molar-refractivity contribution >= 4 is 11.3 Å². The number of thiazole rings is 1. The molecule has 0 aliphatic heterocycles. The lowest BCUT2D eigenvalue weighted by Crippen LogP contribution is -2.05. The topological polar surface area (TPSA) is 75.0 Å². The quantitative estimate of drug-likeness (QED) is 0.432. The van der Waals surface area contributed by atoms with Crippen molar-refractivity contribution in [3.8, 4) is 33.5 Å². The summed E-state index contributed by atoms with van der Waals surface area (Å²) in [5.74, 6) is 1.33. The van der Waals surface area contributed by atoms with Gasteiger partial charge in [0.25, 0.3) is 0 Å². The van der Waals surface area contributed by atoms with E-state index < -0.39 is 11.7 Å². The highest BCUT2D eigenvalue weighted by molar-refractivity contribution is 7.13. The van der Waals surface area contributed by atoms with Crippen LogP contribution in [0, 0.1) is 0 Å². The van der Waals surface area contributed by atoms with E-state index in [0.717, 1.165) is 22.7 Å². The van der Waals surface area contributed by atoms with Gasteiger partial charge in [0.2, 0.25) is 5.82 Å². The molecule has 0 fully saturated rings. The predicted octanol–water partition coefficient (Wildman–Crippen LogP) is 4.55. The molecule has 0 atom stereocenters. The van der Waals surface area contributed by atoms with E-state index in [2.05, 4.69) is 20.4 Å². The first-order valence-corrected chi connectivity index (χ1v) is 9.87. The Morgan fingerprint density at radius 3 is 2.55 bits per heavy atom. The van der Waals surface area contributed by atoms with Gasteiger partial charge in [0.1, 0.15) is 11.6 Å². The Labute approximate surface area is 179 Å². The third kappa shape index (κ3) is 4.50. The molecule has 4 aromatic rings. The number of aromatic nitrogens is 5. The smallest absolute Gasteiger partial charge is 0.416 e. The van der Waals surface area contributed by atoms with Gasteiger partial charge in [0, 0.05) is 16.5 Å². The summed E-state index contributed by atoms with van der Waals surface area (Å²) in [6.07, 6.45) is -4.44. The van der Waals surface area contributed by atoms with Crippen molar-refractivity contribution in [1.82, 2.24) is 25.2 Å². The molecule has 2 aromatic heterocycles. The Balaban J connectivity index is 1.52. The number of hydrogen-bond acceptors (Lipinski definition) is 7. The number of benzene rings is 2. The molecule has 0 saturated heterocycles. The number of ether oxygens (including phenoxy) is 2. The van der Waals surface area contributed by atoms with Crippen molar-refractivity contribution in [2.24, 2.45) is 0 Å². The van der Waals surface area contributed by atoms with E-state index in [-0.39, 0.29) is 17.9 Å². The van der Waals surface area contributed by atoms with E-state index in [0.29, 0.717) is 17.2 Å². The van der Waals surface area contributed by atoms with Crippen molar-refractivity contribution in [2.45, 2.75) is 12.7 Å². The molecule has 160 valence electrons. The monoisotopic (exact) mass is 447 g/mol. The van der Waals surface area contributed by atoms with Gasteiger partial charge < -0.3 is 9.47 Å². The van der Waals surface area contributed by atoms with Gasteiger partial charge in [-0.25, -0.2) is 4.98 Å². The molecule has 0 amide bonds. The predicted molar refractivity (Wildman–Crippen MR) is 108 cm³/mol. The number of nitrogens with zero attached hydrogens (tertiary/aromatic N) is 5. The zero-order valence-corrected chi connectivity index (χ0v) is 17.2. The summed E-state index contributed by atoms with van der Waals surface area (Å²) in [5.41, 5.74) is 1.04. The Kier molecular flexibility index (Phi) is 5.59. The number of tetrazole rings is 1. The highest BCUT2D eigenvalue weighted by Gasteiger charge is 2.30. The summed E-state index contributed by atoms with van der Waals surface area (Å²) >= 11 is 1.44. The first-order chi connectivity index (χ1) is 14.9. The SMILES string of the molecule is COc1ccc(-c2nc(Cn3nnc(-c4cccc(C(F)(F)F)c4)n3)cs2)cc1OC. The van der Waals surface area contributed by atoms with Crippen molar-refractivity contribution in [2.75, 3.05) is 14.2 Å². The van der Waals surface area contributed by atoms with Crippen LogP contribution in [0.5, 0.6) is 11.5 Å². The van der Waals surface area contributed by atoms with Gasteiger partial charge in [-0.15, -0.1) is 21.5 Å². The van der Waals surface area contributed by atoms with Gasteiger partial charge in [0.15, 0.2) is 11.5 Å². The molecule has 0 unspecified atom stereocenters. The molecule has 0 saturated carbocycles. The molecule has 11 heteroatoms. The van der Waals surface area contributed by atoms with Crippen molar-refractivity contribution in [3.63, 3.8) is 0 Å². The molecule has 0 spiro atoms. The van der Waals surface area contributed by atoms with E-state index in [9.17, 15) is 13.2 Å². The van der Waals surface area contributed by atoms with Crippen LogP contribution >= 0.6 is 11.3 Å². The summed E-state index contributed by atoms with van der Waals surface area (Å²) in [6.45, 7) is 0.232. The molecule has 4 rings (SSSR count). The van der Waals surface area contributed by atoms with Crippen LogP contribution in [-0.4, -0.2) is 39.4 Å². The van der Waals surface area contributed by atoms with Gasteiger partial charge in [-0.3, -0.25) is 0 Å². The molecule has 7 nitrogen and oxygen atoms in total. The number of rotatable bonds is 6. The lowest BCUT2D eigenvalue weighted by atomic mass is 10.1. The Bertz CT molecular complexity index is 1210. The number of methoxy groups -OCH3 is 2. The summed E-state index contributed by atoms with van der Waals surface area (Å²) in [4.78, 5) is 5.87. The van der Waals surface area contributed by atoms with Crippen molar-refractivity contribution in [3.05, 3.63) is 59.1 Å². The Hall–Kier alpha value is -3.47.